The number of benzene rings is 1. The van der Waals surface area contributed by atoms with Crippen molar-refractivity contribution in [1.29, 1.82) is 0 Å². The van der Waals surface area contributed by atoms with Crippen LogP contribution in [0.15, 0.2) is 12.1 Å². The quantitative estimate of drug-likeness (QED) is 0.619. The van der Waals surface area contributed by atoms with Gasteiger partial charge in [-0.1, -0.05) is 19.8 Å². The normalized spacial score (nSPS) is 16.3. The fraction of sp³-hybridized carbons (Fsp3) is 0.611. The maximum Gasteiger partial charge on any atom is 0.237 e. The summed E-state index contributed by atoms with van der Waals surface area (Å²) in [4.78, 5) is 14.7. The third-order valence-electron chi connectivity index (χ3n) is 4.34. The largest absolute Gasteiger partial charge is 0.397 e. The van der Waals surface area contributed by atoms with Gasteiger partial charge in [0.25, 0.3) is 0 Å². The molecule has 0 saturated carbocycles. The number of unbranched alkanes of at least 4 members (excludes halogenated alkanes) is 2. The maximum absolute atomic E-state index is 12.8. The van der Waals surface area contributed by atoms with Gasteiger partial charge in [0.2, 0.25) is 5.91 Å². The molecule has 1 amide bonds. The van der Waals surface area contributed by atoms with Crippen LogP contribution in [-0.2, 0) is 10.2 Å². The molecule has 122 valence electrons. The number of carbonyl (C=O) groups excluding carboxylic acids is 1. The highest BCUT2D eigenvalue weighted by Crippen LogP contribution is 2.45. The minimum Gasteiger partial charge on any atom is -0.397 e. The van der Waals surface area contributed by atoms with E-state index in [-0.39, 0.29) is 5.91 Å². The molecule has 4 nitrogen and oxygen atoms in total. The summed E-state index contributed by atoms with van der Waals surface area (Å²) in [5, 5.41) is 3.37. The summed E-state index contributed by atoms with van der Waals surface area (Å²) in [6.45, 7) is 11.1. The Morgan fingerprint density at radius 2 is 1.95 bits per heavy atom. The molecule has 1 aliphatic heterocycles. The Kier molecular flexibility index (Phi) is 4.69. The van der Waals surface area contributed by atoms with Crippen molar-refractivity contribution < 1.29 is 4.79 Å². The number of anilines is 3. The van der Waals surface area contributed by atoms with Gasteiger partial charge in [0.1, 0.15) is 0 Å². The van der Waals surface area contributed by atoms with E-state index in [9.17, 15) is 4.79 Å². The molecule has 0 saturated heterocycles. The Bertz CT molecular complexity index is 564. The van der Waals surface area contributed by atoms with E-state index in [1.54, 1.807) is 0 Å². The van der Waals surface area contributed by atoms with Crippen LogP contribution in [0.2, 0.25) is 0 Å². The molecule has 1 aliphatic rings. The van der Waals surface area contributed by atoms with Crippen molar-refractivity contribution in [3.05, 3.63) is 17.7 Å². The van der Waals surface area contributed by atoms with E-state index < -0.39 is 5.41 Å². The first-order valence-corrected chi connectivity index (χ1v) is 8.31. The highest BCUT2D eigenvalue weighted by Gasteiger charge is 2.44. The first kappa shape index (κ1) is 16.7. The van der Waals surface area contributed by atoms with Crippen LogP contribution in [0.3, 0.4) is 0 Å². The van der Waals surface area contributed by atoms with E-state index in [2.05, 4.69) is 32.2 Å². The molecule has 0 unspecified atom stereocenters. The van der Waals surface area contributed by atoms with Gasteiger partial charge >= 0.3 is 0 Å². The number of fused-ring (bicyclic) bond motifs is 1. The Morgan fingerprint density at radius 1 is 1.27 bits per heavy atom. The summed E-state index contributed by atoms with van der Waals surface area (Å²) < 4.78 is 0. The number of nitrogen functional groups attached to an aromatic ring is 1. The van der Waals surface area contributed by atoms with Crippen LogP contribution in [0.4, 0.5) is 17.1 Å². The number of nitrogens with two attached hydrogens (primary N) is 1. The van der Waals surface area contributed by atoms with E-state index in [1.807, 2.05) is 24.8 Å². The number of rotatable bonds is 6. The first-order valence-electron chi connectivity index (χ1n) is 8.31. The van der Waals surface area contributed by atoms with Gasteiger partial charge in [-0.05, 0) is 51.8 Å². The molecule has 3 N–H and O–H groups in total. The van der Waals surface area contributed by atoms with Gasteiger partial charge in [-0.15, -0.1) is 0 Å². The smallest absolute Gasteiger partial charge is 0.237 e. The minimum absolute atomic E-state index is 0.180. The third kappa shape index (κ3) is 2.92. The van der Waals surface area contributed by atoms with Crippen LogP contribution in [-0.4, -0.2) is 18.5 Å². The summed E-state index contributed by atoms with van der Waals surface area (Å²) in [5.74, 6) is 0.180. The molecule has 0 aromatic heterocycles. The van der Waals surface area contributed by atoms with Gasteiger partial charge in [-0.2, -0.15) is 0 Å². The summed E-state index contributed by atoms with van der Waals surface area (Å²) in [7, 11) is 0. The van der Waals surface area contributed by atoms with Gasteiger partial charge in [-0.3, -0.25) is 4.79 Å². The fourth-order valence-corrected chi connectivity index (χ4v) is 3.07. The Balaban J connectivity index is 2.39. The van der Waals surface area contributed by atoms with Gasteiger partial charge in [0.15, 0.2) is 0 Å². The van der Waals surface area contributed by atoms with Crippen LogP contribution in [0.25, 0.3) is 0 Å². The molecule has 1 heterocycles. The maximum atomic E-state index is 12.8. The van der Waals surface area contributed by atoms with Gasteiger partial charge in [-0.25, -0.2) is 0 Å². The van der Waals surface area contributed by atoms with Gasteiger partial charge in [0.05, 0.1) is 22.5 Å². The van der Waals surface area contributed by atoms with Crippen LogP contribution in [0.1, 0.15) is 59.4 Å². The molecule has 0 atom stereocenters. The molecule has 0 aliphatic carbocycles. The number of hydrogen-bond acceptors (Lipinski definition) is 3. The number of nitrogens with one attached hydrogen (secondary N) is 1. The molecule has 0 fully saturated rings. The zero-order valence-electron chi connectivity index (χ0n) is 14.5. The highest BCUT2D eigenvalue weighted by molar-refractivity contribution is 6.08. The van der Waals surface area contributed by atoms with Crippen molar-refractivity contribution in [3.8, 4) is 0 Å². The lowest BCUT2D eigenvalue weighted by Gasteiger charge is -2.20. The SMILES string of the molecule is CCCCCN1C(=O)C(C)(C)c2cc(NC(C)C)c(N)cc21. The van der Waals surface area contributed by atoms with Crippen molar-refractivity contribution in [3.63, 3.8) is 0 Å². The molecule has 0 radical (unpaired) electrons. The van der Waals surface area contributed by atoms with Crippen molar-refractivity contribution in [2.75, 3.05) is 22.5 Å². The first-order chi connectivity index (χ1) is 10.3. The molecule has 4 heteroatoms. The second kappa shape index (κ2) is 6.19. The van der Waals surface area contributed by atoms with E-state index >= 15 is 0 Å². The summed E-state index contributed by atoms with van der Waals surface area (Å²) in [5.41, 5.74) is 9.40. The number of amides is 1. The number of hydrogen-bond donors (Lipinski definition) is 2. The van der Waals surface area contributed by atoms with E-state index in [0.717, 1.165) is 42.7 Å². The molecule has 1 aromatic rings. The fourth-order valence-electron chi connectivity index (χ4n) is 3.07. The van der Waals surface area contributed by atoms with Crippen LogP contribution < -0.4 is 16.0 Å². The van der Waals surface area contributed by atoms with Gasteiger partial charge in [0, 0.05) is 12.6 Å². The average molecular weight is 303 g/mol. The van der Waals surface area contributed by atoms with Crippen molar-refractivity contribution in [2.45, 2.75) is 65.3 Å². The molecule has 0 spiro atoms. The molecule has 22 heavy (non-hydrogen) atoms. The minimum atomic E-state index is -0.483. The molecule has 0 bridgehead atoms. The van der Waals surface area contributed by atoms with Gasteiger partial charge < -0.3 is 16.0 Å². The topological polar surface area (TPSA) is 58.4 Å². The van der Waals surface area contributed by atoms with Crippen molar-refractivity contribution >= 4 is 23.0 Å². The van der Waals surface area contributed by atoms with Crippen molar-refractivity contribution in [1.82, 2.24) is 0 Å². The molecular formula is C18H29N3O. The Morgan fingerprint density at radius 3 is 2.55 bits per heavy atom. The van der Waals surface area contributed by atoms with E-state index in [1.165, 1.54) is 0 Å². The molecular weight excluding hydrogens is 274 g/mol. The van der Waals surface area contributed by atoms with Crippen LogP contribution in [0.5, 0.6) is 0 Å². The molecule has 1 aromatic carbocycles. The summed E-state index contributed by atoms with van der Waals surface area (Å²) >= 11 is 0. The third-order valence-corrected chi connectivity index (χ3v) is 4.34. The van der Waals surface area contributed by atoms with E-state index in [4.69, 9.17) is 5.73 Å². The standard InChI is InChI=1S/C18H29N3O/c1-6-7-8-9-21-16-11-14(19)15(20-12(2)3)10-13(16)18(4,5)17(21)22/h10-12,20H,6-9,19H2,1-5H3. The predicted octanol–water partition coefficient (Wildman–Crippen LogP) is 3.90. The highest BCUT2D eigenvalue weighted by atomic mass is 16.2. The second-order valence-electron chi connectivity index (χ2n) is 7.04. The van der Waals surface area contributed by atoms with E-state index in [0.29, 0.717) is 11.7 Å². The van der Waals surface area contributed by atoms with Crippen molar-refractivity contribution in [2.24, 2.45) is 0 Å². The summed E-state index contributed by atoms with van der Waals surface area (Å²) in [6, 6.07) is 4.32. The lowest BCUT2D eigenvalue weighted by molar-refractivity contribution is -0.122. The monoisotopic (exact) mass is 303 g/mol. The average Bonchev–Trinajstić information content (AvgIpc) is 2.60. The number of carbonyl (C=O) groups is 1. The van der Waals surface area contributed by atoms with Crippen LogP contribution in [0, 0.1) is 0 Å². The Labute approximate surface area is 134 Å². The second-order valence-corrected chi connectivity index (χ2v) is 7.04. The lowest BCUT2D eigenvalue weighted by Crippen LogP contribution is -2.36. The number of nitrogens with zero attached hydrogens (tertiary/aromatic N) is 1. The predicted molar refractivity (Wildman–Crippen MR) is 94.5 cm³/mol. The molecule has 2 rings (SSSR count). The lowest BCUT2D eigenvalue weighted by atomic mass is 9.85. The summed E-state index contributed by atoms with van der Waals surface area (Å²) in [6.07, 6.45) is 3.32. The van der Waals surface area contributed by atoms with Crippen LogP contribution >= 0.6 is 0 Å². The zero-order chi connectivity index (χ0) is 16.5. The Hall–Kier alpha value is -1.71. The zero-order valence-corrected chi connectivity index (χ0v) is 14.5.